The maximum atomic E-state index is 12.2. The molecule has 0 spiro atoms. The quantitative estimate of drug-likeness (QED) is 0.806. The van der Waals surface area contributed by atoms with E-state index in [1.807, 2.05) is 49.1 Å². The Hall–Kier alpha value is -1.65. The van der Waals surface area contributed by atoms with Gasteiger partial charge in [0, 0.05) is 13.5 Å². The summed E-state index contributed by atoms with van der Waals surface area (Å²) in [5.74, 6) is -0.534. The number of hydrogen-bond donors (Lipinski definition) is 0. The van der Waals surface area contributed by atoms with Gasteiger partial charge >= 0.3 is 0 Å². The van der Waals surface area contributed by atoms with Crippen molar-refractivity contribution >= 4 is 5.91 Å². The molecule has 0 unspecified atom stereocenters. The van der Waals surface area contributed by atoms with Gasteiger partial charge in [-0.1, -0.05) is 42.5 Å². The lowest BCUT2D eigenvalue weighted by atomic mass is 9.94. The number of fused-ring (bicyclic) bond motifs is 1. The van der Waals surface area contributed by atoms with Crippen molar-refractivity contribution in [2.24, 2.45) is 0 Å². The number of hydrogen-bond acceptors (Lipinski definition) is 3. The van der Waals surface area contributed by atoms with Gasteiger partial charge in [0.2, 0.25) is 5.91 Å². The predicted molar refractivity (Wildman–Crippen MR) is 84.0 cm³/mol. The number of benzene rings is 1. The summed E-state index contributed by atoms with van der Waals surface area (Å²) in [6.07, 6.45) is 4.76. The predicted octanol–water partition coefficient (Wildman–Crippen LogP) is 2.88. The van der Waals surface area contributed by atoms with E-state index >= 15 is 0 Å². The second kappa shape index (κ2) is 5.86. The van der Waals surface area contributed by atoms with E-state index in [0.29, 0.717) is 6.54 Å². The van der Waals surface area contributed by atoms with Crippen molar-refractivity contribution in [3.8, 4) is 0 Å². The SMILES string of the molecule is CC(=O)N(Cc1ccccc1)[C@H]1CC=C[C@H]2OC(C)(C)O[C@H]21. The summed E-state index contributed by atoms with van der Waals surface area (Å²) in [7, 11) is 0. The molecule has 0 radical (unpaired) electrons. The summed E-state index contributed by atoms with van der Waals surface area (Å²) < 4.78 is 12.0. The molecule has 4 nitrogen and oxygen atoms in total. The molecule has 4 heteroatoms. The van der Waals surface area contributed by atoms with Crippen LogP contribution in [0.15, 0.2) is 42.5 Å². The third-order valence-electron chi connectivity index (χ3n) is 4.25. The second-order valence-electron chi connectivity index (χ2n) is 6.43. The van der Waals surface area contributed by atoms with Gasteiger partial charge in [-0.25, -0.2) is 0 Å². The van der Waals surface area contributed by atoms with Gasteiger partial charge in [0.05, 0.1) is 6.04 Å². The van der Waals surface area contributed by atoms with Gasteiger partial charge < -0.3 is 14.4 Å². The lowest BCUT2D eigenvalue weighted by Crippen LogP contribution is -2.50. The van der Waals surface area contributed by atoms with E-state index < -0.39 is 5.79 Å². The number of carbonyl (C=O) groups is 1. The van der Waals surface area contributed by atoms with Gasteiger partial charge in [0.25, 0.3) is 0 Å². The first-order chi connectivity index (χ1) is 10.5. The number of amides is 1. The van der Waals surface area contributed by atoms with E-state index in [9.17, 15) is 4.79 Å². The summed E-state index contributed by atoms with van der Waals surface area (Å²) >= 11 is 0. The number of carbonyl (C=O) groups excluding carboxylic acids is 1. The first kappa shape index (κ1) is 15.3. The van der Waals surface area contributed by atoms with Crippen LogP contribution in [-0.4, -0.2) is 34.8 Å². The summed E-state index contributed by atoms with van der Waals surface area (Å²) in [6.45, 7) is 6.07. The van der Waals surface area contributed by atoms with Crippen LogP contribution in [0.1, 0.15) is 32.8 Å². The topological polar surface area (TPSA) is 38.8 Å². The van der Waals surface area contributed by atoms with Gasteiger partial charge in [0.15, 0.2) is 5.79 Å². The molecule has 2 aliphatic rings. The molecule has 3 rings (SSSR count). The van der Waals surface area contributed by atoms with Crippen LogP contribution in [0.25, 0.3) is 0 Å². The largest absolute Gasteiger partial charge is 0.342 e. The highest BCUT2D eigenvalue weighted by Gasteiger charge is 2.47. The Bertz CT molecular complexity index is 567. The summed E-state index contributed by atoms with van der Waals surface area (Å²) in [5.41, 5.74) is 1.13. The van der Waals surface area contributed by atoms with Crippen LogP contribution in [-0.2, 0) is 20.8 Å². The molecule has 0 saturated carbocycles. The molecule has 1 aromatic carbocycles. The maximum absolute atomic E-state index is 12.2. The molecule has 1 fully saturated rings. The fourth-order valence-electron chi connectivity index (χ4n) is 3.30. The average Bonchev–Trinajstić information content (AvgIpc) is 2.79. The molecule has 1 aliphatic carbocycles. The number of ether oxygens (including phenoxy) is 2. The zero-order chi connectivity index (χ0) is 15.7. The minimum absolute atomic E-state index is 0.00878. The van der Waals surface area contributed by atoms with Crippen LogP contribution in [0.5, 0.6) is 0 Å². The van der Waals surface area contributed by atoms with E-state index in [1.165, 1.54) is 0 Å². The standard InChI is InChI=1S/C18H23NO3/c1-13(20)19(12-14-8-5-4-6-9-14)15-10-7-11-16-17(15)22-18(2,3)21-16/h4-9,11,15-17H,10,12H2,1-3H3/t15-,16+,17-/m0/s1. The lowest BCUT2D eigenvalue weighted by molar-refractivity contribution is -0.154. The summed E-state index contributed by atoms with van der Waals surface area (Å²) in [5, 5.41) is 0. The zero-order valence-electron chi connectivity index (χ0n) is 13.4. The highest BCUT2D eigenvalue weighted by Crippen LogP contribution is 2.36. The monoisotopic (exact) mass is 301 g/mol. The highest BCUT2D eigenvalue weighted by molar-refractivity contribution is 5.73. The Kier molecular flexibility index (Phi) is 4.06. The highest BCUT2D eigenvalue weighted by atomic mass is 16.8. The van der Waals surface area contributed by atoms with Crippen molar-refractivity contribution in [1.82, 2.24) is 4.90 Å². The van der Waals surface area contributed by atoms with E-state index in [0.717, 1.165) is 12.0 Å². The van der Waals surface area contributed by atoms with Crippen LogP contribution >= 0.6 is 0 Å². The van der Waals surface area contributed by atoms with Crippen LogP contribution in [0.2, 0.25) is 0 Å². The van der Waals surface area contributed by atoms with Gasteiger partial charge in [0.1, 0.15) is 12.2 Å². The van der Waals surface area contributed by atoms with E-state index in [-0.39, 0.29) is 24.2 Å². The van der Waals surface area contributed by atoms with Crippen molar-refractivity contribution in [2.45, 2.75) is 57.8 Å². The van der Waals surface area contributed by atoms with E-state index in [4.69, 9.17) is 9.47 Å². The minimum Gasteiger partial charge on any atom is -0.342 e. The Morgan fingerprint density at radius 2 is 2.00 bits per heavy atom. The van der Waals surface area contributed by atoms with Crippen LogP contribution < -0.4 is 0 Å². The third-order valence-corrected chi connectivity index (χ3v) is 4.25. The summed E-state index contributed by atoms with van der Waals surface area (Å²) in [6, 6.07) is 10.1. The number of nitrogens with zero attached hydrogens (tertiary/aromatic N) is 1. The van der Waals surface area contributed by atoms with E-state index in [2.05, 4.69) is 12.2 Å². The number of rotatable bonds is 3. The van der Waals surface area contributed by atoms with Crippen LogP contribution in [0.3, 0.4) is 0 Å². The second-order valence-corrected chi connectivity index (χ2v) is 6.43. The average molecular weight is 301 g/mol. The minimum atomic E-state index is -0.600. The lowest BCUT2D eigenvalue weighted by Gasteiger charge is -2.37. The van der Waals surface area contributed by atoms with Crippen molar-refractivity contribution in [1.29, 1.82) is 0 Å². The van der Waals surface area contributed by atoms with Crippen LogP contribution in [0.4, 0.5) is 0 Å². The smallest absolute Gasteiger partial charge is 0.220 e. The Morgan fingerprint density at radius 1 is 1.27 bits per heavy atom. The Labute approximate surface area is 131 Å². The van der Waals surface area contributed by atoms with E-state index in [1.54, 1.807) is 6.92 Å². The first-order valence-corrected chi connectivity index (χ1v) is 7.80. The van der Waals surface area contributed by atoms with Gasteiger partial charge in [-0.3, -0.25) is 4.79 Å². The Morgan fingerprint density at radius 3 is 2.68 bits per heavy atom. The molecule has 118 valence electrons. The van der Waals surface area contributed by atoms with Crippen molar-refractivity contribution < 1.29 is 14.3 Å². The van der Waals surface area contributed by atoms with Crippen molar-refractivity contribution in [3.63, 3.8) is 0 Å². The molecular weight excluding hydrogens is 278 g/mol. The third kappa shape index (κ3) is 3.08. The molecule has 3 atom stereocenters. The van der Waals surface area contributed by atoms with Crippen molar-refractivity contribution in [2.75, 3.05) is 0 Å². The maximum Gasteiger partial charge on any atom is 0.220 e. The molecule has 1 aliphatic heterocycles. The van der Waals surface area contributed by atoms with Gasteiger partial charge in [-0.2, -0.15) is 0 Å². The fourth-order valence-corrected chi connectivity index (χ4v) is 3.30. The zero-order valence-corrected chi connectivity index (χ0v) is 13.4. The molecule has 1 aromatic rings. The van der Waals surface area contributed by atoms with Gasteiger partial charge in [-0.15, -0.1) is 0 Å². The summed E-state index contributed by atoms with van der Waals surface area (Å²) in [4.78, 5) is 14.1. The molecule has 0 N–H and O–H groups in total. The fraction of sp³-hybridized carbons (Fsp3) is 0.500. The first-order valence-electron chi connectivity index (χ1n) is 7.80. The molecular formula is C18H23NO3. The molecule has 1 amide bonds. The van der Waals surface area contributed by atoms with Crippen molar-refractivity contribution in [3.05, 3.63) is 48.0 Å². The van der Waals surface area contributed by atoms with Crippen LogP contribution in [0, 0.1) is 0 Å². The molecule has 1 heterocycles. The Balaban J connectivity index is 1.82. The molecule has 1 saturated heterocycles. The molecule has 0 aromatic heterocycles. The molecule has 0 bridgehead atoms. The molecule has 22 heavy (non-hydrogen) atoms. The normalized spacial score (nSPS) is 29.1. The van der Waals surface area contributed by atoms with Gasteiger partial charge in [-0.05, 0) is 25.8 Å².